The van der Waals surface area contributed by atoms with Gasteiger partial charge in [0.05, 0.1) is 16.0 Å². The quantitative estimate of drug-likeness (QED) is 0.479. The first-order valence-corrected chi connectivity index (χ1v) is 8.21. The van der Waals surface area contributed by atoms with E-state index in [-0.39, 0.29) is 15.0 Å². The van der Waals surface area contributed by atoms with Crippen LogP contribution < -0.4 is 0 Å². The Labute approximate surface area is 142 Å². The number of hydrogen-bond donors (Lipinski definition) is 1. The maximum Gasteiger partial charge on any atom is 0.416 e. The van der Waals surface area contributed by atoms with Crippen molar-refractivity contribution in [3.05, 3.63) is 38.5 Å². The summed E-state index contributed by atoms with van der Waals surface area (Å²) in [6, 6.07) is 1.91. The van der Waals surface area contributed by atoms with Crippen LogP contribution in [0.2, 0.25) is 0 Å². The molecule has 0 aliphatic carbocycles. The molecule has 2 heterocycles. The number of hydrogen-bond acceptors (Lipinski definition) is 6. The summed E-state index contributed by atoms with van der Waals surface area (Å²) in [5.74, 6) is 0. The lowest BCUT2D eigenvalue weighted by molar-refractivity contribution is -0.380. The summed E-state index contributed by atoms with van der Waals surface area (Å²) in [6.07, 6.45) is -3.35. The number of aromatic amines is 1. The van der Waals surface area contributed by atoms with Crippen molar-refractivity contribution in [2.75, 3.05) is 0 Å². The Morgan fingerprint density at radius 2 is 2.13 bits per heavy atom. The Bertz CT molecular complexity index is 908. The minimum atomic E-state index is -4.47. The van der Waals surface area contributed by atoms with Crippen LogP contribution in [-0.2, 0) is 6.18 Å². The smallest absolute Gasteiger partial charge is 0.332 e. The van der Waals surface area contributed by atoms with Crippen molar-refractivity contribution >= 4 is 55.1 Å². The molecule has 0 unspecified atom stereocenters. The van der Waals surface area contributed by atoms with Gasteiger partial charge in [-0.3, -0.25) is 10.1 Å². The van der Waals surface area contributed by atoms with E-state index in [0.29, 0.717) is 15.0 Å². The van der Waals surface area contributed by atoms with Crippen LogP contribution in [0.5, 0.6) is 0 Å². The van der Waals surface area contributed by atoms with Crippen LogP contribution in [0.1, 0.15) is 5.56 Å². The van der Waals surface area contributed by atoms with Gasteiger partial charge in [-0.25, -0.2) is 9.97 Å². The van der Waals surface area contributed by atoms with E-state index >= 15 is 0 Å². The van der Waals surface area contributed by atoms with Gasteiger partial charge in [0, 0.05) is 4.47 Å². The zero-order valence-electron chi connectivity index (χ0n) is 10.7. The van der Waals surface area contributed by atoms with E-state index in [1.807, 2.05) is 0 Å². The van der Waals surface area contributed by atoms with Crippen LogP contribution in [0.4, 0.5) is 18.2 Å². The fraction of sp³-hybridized carbons (Fsp3) is 0.0909. The van der Waals surface area contributed by atoms with Crippen LogP contribution in [0.25, 0.3) is 11.0 Å². The average Bonchev–Trinajstić information content (AvgIpc) is 3.04. The number of benzene rings is 1. The molecule has 23 heavy (non-hydrogen) atoms. The number of fused-ring (bicyclic) bond motifs is 1. The number of halogens is 4. The van der Waals surface area contributed by atoms with Gasteiger partial charge in [-0.1, -0.05) is 0 Å². The van der Waals surface area contributed by atoms with E-state index < -0.39 is 16.7 Å². The second kappa shape index (κ2) is 5.76. The number of rotatable bonds is 3. The fourth-order valence-corrected chi connectivity index (χ4v) is 3.97. The highest BCUT2D eigenvalue weighted by Crippen LogP contribution is 2.37. The lowest BCUT2D eigenvalue weighted by atomic mass is 10.2. The van der Waals surface area contributed by atoms with Crippen LogP contribution in [0.3, 0.4) is 0 Å². The van der Waals surface area contributed by atoms with E-state index in [2.05, 4.69) is 30.9 Å². The van der Waals surface area contributed by atoms with Crippen molar-refractivity contribution in [3.63, 3.8) is 0 Å². The van der Waals surface area contributed by atoms with Crippen molar-refractivity contribution in [2.45, 2.75) is 15.7 Å². The molecular formula is C11H4BrF3N4O2S2. The third-order valence-corrected chi connectivity index (χ3v) is 5.20. The molecule has 1 aromatic carbocycles. The number of alkyl halides is 3. The molecule has 3 aromatic rings. The van der Waals surface area contributed by atoms with Crippen molar-refractivity contribution in [1.29, 1.82) is 0 Å². The fourth-order valence-electron chi connectivity index (χ4n) is 1.73. The van der Waals surface area contributed by atoms with Crippen LogP contribution in [0.15, 0.2) is 32.3 Å². The molecule has 3 rings (SSSR count). The molecule has 12 heteroatoms. The largest absolute Gasteiger partial charge is 0.416 e. The highest BCUT2D eigenvalue weighted by atomic mass is 79.9. The predicted molar refractivity (Wildman–Crippen MR) is 81.7 cm³/mol. The van der Waals surface area contributed by atoms with Gasteiger partial charge >= 0.3 is 11.2 Å². The Kier molecular flexibility index (Phi) is 4.06. The summed E-state index contributed by atoms with van der Waals surface area (Å²) in [5, 5.41) is 10.8. The normalized spacial score (nSPS) is 12.0. The minimum Gasteiger partial charge on any atom is -0.332 e. The Morgan fingerprint density at radius 1 is 1.39 bits per heavy atom. The zero-order chi connectivity index (χ0) is 16.8. The lowest BCUT2D eigenvalue weighted by Gasteiger charge is -2.06. The monoisotopic (exact) mass is 424 g/mol. The highest BCUT2D eigenvalue weighted by molar-refractivity contribution is 9.10. The lowest BCUT2D eigenvalue weighted by Crippen LogP contribution is -2.04. The molecule has 0 saturated carbocycles. The van der Waals surface area contributed by atoms with Crippen molar-refractivity contribution in [2.24, 2.45) is 0 Å². The molecule has 2 aromatic heterocycles. The molecule has 0 bridgehead atoms. The van der Waals surface area contributed by atoms with Gasteiger partial charge in [0.2, 0.25) is 0 Å². The third-order valence-electron chi connectivity index (χ3n) is 2.68. The summed E-state index contributed by atoms with van der Waals surface area (Å²) in [6.45, 7) is 0. The SMILES string of the molecule is O=[N+]([O-])c1cnc(Sc2nc3c(Br)cc(C(F)(F)F)cc3[nH]2)s1. The molecular weight excluding hydrogens is 421 g/mol. The van der Waals surface area contributed by atoms with Crippen LogP contribution in [0, 0.1) is 10.1 Å². The molecule has 0 atom stereocenters. The molecule has 1 N–H and O–H groups in total. The van der Waals surface area contributed by atoms with E-state index in [1.54, 1.807) is 0 Å². The number of nitrogens with one attached hydrogen (secondary N) is 1. The van der Waals surface area contributed by atoms with Gasteiger partial charge in [-0.2, -0.15) is 13.2 Å². The summed E-state index contributed by atoms with van der Waals surface area (Å²) in [4.78, 5) is 20.9. The average molecular weight is 425 g/mol. The minimum absolute atomic E-state index is 0.121. The van der Waals surface area contributed by atoms with Crippen molar-refractivity contribution < 1.29 is 18.1 Å². The summed E-state index contributed by atoms with van der Waals surface area (Å²) in [5.41, 5.74) is -0.256. The van der Waals surface area contributed by atoms with E-state index in [1.165, 1.54) is 0 Å². The zero-order valence-corrected chi connectivity index (χ0v) is 13.9. The molecule has 0 saturated heterocycles. The third kappa shape index (κ3) is 3.33. The maximum absolute atomic E-state index is 12.8. The first-order chi connectivity index (χ1) is 10.7. The Hall–Kier alpha value is -1.66. The molecule has 0 spiro atoms. The standard InChI is InChI=1S/C11H4BrF3N4O2S2/c12-5-1-4(11(13,14)15)2-6-8(5)18-9(17-6)23-10-16-3-7(22-10)19(20)21/h1-3H,(H,17,18). The number of thiazole rings is 1. The first-order valence-electron chi connectivity index (χ1n) is 5.78. The molecule has 6 nitrogen and oxygen atoms in total. The highest BCUT2D eigenvalue weighted by Gasteiger charge is 2.31. The van der Waals surface area contributed by atoms with Crippen LogP contribution >= 0.6 is 39.0 Å². The predicted octanol–water partition coefficient (Wildman–Crippen LogP) is 4.86. The number of imidazole rings is 1. The van der Waals surface area contributed by atoms with E-state index in [0.717, 1.165) is 41.4 Å². The number of aromatic nitrogens is 3. The van der Waals surface area contributed by atoms with Crippen LogP contribution in [-0.4, -0.2) is 19.9 Å². The van der Waals surface area contributed by atoms with E-state index in [4.69, 9.17) is 0 Å². The number of nitro groups is 1. The number of nitrogens with zero attached hydrogens (tertiary/aromatic N) is 3. The van der Waals surface area contributed by atoms with Gasteiger partial charge in [-0.15, -0.1) is 0 Å². The summed E-state index contributed by atoms with van der Waals surface area (Å²) >= 11 is 4.93. The second-order valence-corrected chi connectivity index (χ2v) is 7.32. The van der Waals surface area contributed by atoms with Gasteiger partial charge < -0.3 is 4.98 Å². The van der Waals surface area contributed by atoms with E-state index in [9.17, 15) is 23.3 Å². The molecule has 0 amide bonds. The van der Waals surface area contributed by atoms with Gasteiger partial charge in [0.15, 0.2) is 9.50 Å². The second-order valence-electron chi connectivity index (χ2n) is 4.22. The first kappa shape index (κ1) is 16.2. The van der Waals surface area contributed by atoms with Crippen molar-refractivity contribution in [1.82, 2.24) is 15.0 Å². The molecule has 120 valence electrons. The maximum atomic E-state index is 12.8. The Morgan fingerprint density at radius 3 is 2.74 bits per heavy atom. The van der Waals surface area contributed by atoms with Gasteiger partial charge in [0.25, 0.3) is 0 Å². The van der Waals surface area contributed by atoms with Gasteiger partial charge in [-0.05, 0) is 51.2 Å². The summed E-state index contributed by atoms with van der Waals surface area (Å²) in [7, 11) is 0. The topological polar surface area (TPSA) is 84.7 Å². The molecule has 0 aliphatic rings. The van der Waals surface area contributed by atoms with Gasteiger partial charge in [0.1, 0.15) is 11.7 Å². The molecule has 0 aliphatic heterocycles. The molecule has 0 fully saturated rings. The number of H-pyrrole nitrogens is 1. The van der Waals surface area contributed by atoms with Crippen molar-refractivity contribution in [3.8, 4) is 0 Å². The summed E-state index contributed by atoms with van der Waals surface area (Å²) < 4.78 is 39.0. The molecule has 0 radical (unpaired) electrons. The Balaban J connectivity index is 1.96.